The average molecular weight is 365 g/mol. The van der Waals surface area contributed by atoms with Gasteiger partial charge >= 0.3 is 0 Å². The molecule has 0 saturated carbocycles. The number of amides is 2. The van der Waals surface area contributed by atoms with Crippen LogP contribution >= 0.6 is 11.3 Å². The zero-order valence-corrected chi connectivity index (χ0v) is 15.2. The van der Waals surface area contributed by atoms with E-state index in [9.17, 15) is 9.59 Å². The van der Waals surface area contributed by atoms with E-state index in [1.165, 1.54) is 16.9 Å². The van der Waals surface area contributed by atoms with Gasteiger partial charge in [-0.1, -0.05) is 60.2 Å². The van der Waals surface area contributed by atoms with Gasteiger partial charge in [0.05, 0.1) is 6.54 Å². The van der Waals surface area contributed by atoms with Crippen molar-refractivity contribution in [3.8, 4) is 10.6 Å². The number of nitrogens with one attached hydrogen (secondary N) is 2. The van der Waals surface area contributed by atoms with Crippen LogP contribution in [0.25, 0.3) is 10.6 Å². The van der Waals surface area contributed by atoms with Gasteiger partial charge in [-0.15, -0.1) is 11.3 Å². The molecule has 132 valence electrons. The number of nitrogens with zero attached hydrogens (tertiary/aromatic N) is 1. The third-order valence-electron chi connectivity index (χ3n) is 3.78. The van der Waals surface area contributed by atoms with Crippen molar-refractivity contribution < 1.29 is 9.59 Å². The Bertz CT molecular complexity index is 889. The van der Waals surface area contributed by atoms with E-state index in [0.29, 0.717) is 12.2 Å². The summed E-state index contributed by atoms with van der Waals surface area (Å²) in [4.78, 5) is 28.4. The van der Waals surface area contributed by atoms with Crippen molar-refractivity contribution in [3.05, 3.63) is 76.8 Å². The fourth-order valence-corrected chi connectivity index (χ4v) is 3.12. The van der Waals surface area contributed by atoms with Crippen LogP contribution in [-0.2, 0) is 11.3 Å². The first-order chi connectivity index (χ1) is 12.6. The maximum absolute atomic E-state index is 12.2. The Kier molecular flexibility index (Phi) is 5.76. The monoisotopic (exact) mass is 365 g/mol. The first-order valence-corrected chi connectivity index (χ1v) is 9.11. The molecule has 3 aromatic rings. The largest absolute Gasteiger partial charge is 0.350 e. The SMILES string of the molecule is Cc1ccc(-c2nc(C(=O)NCC(=O)NCc3ccccc3)cs2)cc1. The minimum atomic E-state index is -0.352. The van der Waals surface area contributed by atoms with Crippen molar-refractivity contribution in [2.75, 3.05) is 6.54 Å². The molecule has 6 heteroatoms. The summed E-state index contributed by atoms with van der Waals surface area (Å²) in [6.45, 7) is 2.38. The molecule has 2 amide bonds. The van der Waals surface area contributed by atoms with Gasteiger partial charge in [-0.05, 0) is 12.5 Å². The maximum atomic E-state index is 12.2. The lowest BCUT2D eigenvalue weighted by Gasteiger charge is -2.06. The summed E-state index contributed by atoms with van der Waals surface area (Å²) in [6.07, 6.45) is 0. The molecule has 0 atom stereocenters. The second kappa shape index (κ2) is 8.40. The van der Waals surface area contributed by atoms with Crippen LogP contribution in [0.4, 0.5) is 0 Å². The highest BCUT2D eigenvalue weighted by atomic mass is 32.1. The fraction of sp³-hybridized carbons (Fsp3) is 0.150. The normalized spacial score (nSPS) is 10.3. The topological polar surface area (TPSA) is 71.1 Å². The summed E-state index contributed by atoms with van der Waals surface area (Å²) in [7, 11) is 0. The van der Waals surface area contributed by atoms with Gasteiger partial charge in [0.1, 0.15) is 10.7 Å². The lowest BCUT2D eigenvalue weighted by Crippen LogP contribution is -2.36. The summed E-state index contributed by atoms with van der Waals surface area (Å²) in [5, 5.41) is 7.85. The molecule has 1 aromatic heterocycles. The Morgan fingerprint density at radius 3 is 2.46 bits per heavy atom. The van der Waals surface area contributed by atoms with Crippen LogP contribution in [0, 0.1) is 6.92 Å². The molecule has 0 radical (unpaired) electrons. The van der Waals surface area contributed by atoms with E-state index in [1.807, 2.05) is 61.5 Å². The summed E-state index contributed by atoms with van der Waals surface area (Å²) in [6, 6.07) is 17.6. The number of carbonyl (C=O) groups excluding carboxylic acids is 2. The lowest BCUT2D eigenvalue weighted by atomic mass is 10.2. The molecule has 0 unspecified atom stereocenters. The molecular formula is C20H19N3O2S. The van der Waals surface area contributed by atoms with Crippen LogP contribution in [0.2, 0.25) is 0 Å². The standard InChI is InChI=1S/C20H19N3O2S/c1-14-7-9-16(10-8-14)20-23-17(13-26-20)19(25)22-12-18(24)21-11-15-5-3-2-4-6-15/h2-10,13H,11-12H2,1H3,(H,21,24)(H,22,25). The molecule has 1 heterocycles. The van der Waals surface area contributed by atoms with Crippen molar-refractivity contribution in [3.63, 3.8) is 0 Å². The van der Waals surface area contributed by atoms with Gasteiger partial charge < -0.3 is 10.6 Å². The quantitative estimate of drug-likeness (QED) is 0.705. The van der Waals surface area contributed by atoms with Gasteiger partial charge in [-0.25, -0.2) is 4.98 Å². The van der Waals surface area contributed by atoms with Crippen molar-refractivity contribution in [1.29, 1.82) is 0 Å². The average Bonchev–Trinajstić information content (AvgIpc) is 3.16. The van der Waals surface area contributed by atoms with E-state index in [0.717, 1.165) is 16.1 Å². The molecule has 2 aromatic carbocycles. The molecule has 3 rings (SSSR count). The zero-order chi connectivity index (χ0) is 18.4. The number of aryl methyl sites for hydroxylation is 1. The van der Waals surface area contributed by atoms with E-state index < -0.39 is 0 Å². The third-order valence-corrected chi connectivity index (χ3v) is 4.67. The molecule has 0 bridgehead atoms. The number of rotatable bonds is 6. The Morgan fingerprint density at radius 2 is 1.73 bits per heavy atom. The van der Waals surface area contributed by atoms with Gasteiger partial charge in [-0.3, -0.25) is 9.59 Å². The molecule has 0 aliphatic heterocycles. The molecule has 5 nitrogen and oxygen atoms in total. The van der Waals surface area contributed by atoms with E-state index in [1.54, 1.807) is 5.38 Å². The number of carbonyl (C=O) groups is 2. The molecule has 2 N–H and O–H groups in total. The predicted octanol–water partition coefficient (Wildman–Crippen LogP) is 3.16. The highest BCUT2D eigenvalue weighted by Gasteiger charge is 2.13. The number of thiazole rings is 1. The van der Waals surface area contributed by atoms with Gasteiger partial charge in [0.25, 0.3) is 5.91 Å². The van der Waals surface area contributed by atoms with Gasteiger partial charge in [-0.2, -0.15) is 0 Å². The molecule has 0 saturated heterocycles. The molecule has 0 aliphatic carbocycles. The van der Waals surface area contributed by atoms with Gasteiger partial charge in [0.15, 0.2) is 0 Å². The summed E-state index contributed by atoms with van der Waals surface area (Å²) in [5.41, 5.74) is 3.47. The van der Waals surface area contributed by atoms with Crippen LogP contribution in [0.3, 0.4) is 0 Å². The van der Waals surface area contributed by atoms with Crippen LogP contribution in [0.1, 0.15) is 21.6 Å². The minimum Gasteiger partial charge on any atom is -0.350 e. The highest BCUT2D eigenvalue weighted by Crippen LogP contribution is 2.23. The van der Waals surface area contributed by atoms with Crippen LogP contribution in [0.5, 0.6) is 0 Å². The summed E-state index contributed by atoms with van der Waals surface area (Å²) < 4.78 is 0. The number of hydrogen-bond acceptors (Lipinski definition) is 4. The summed E-state index contributed by atoms with van der Waals surface area (Å²) in [5.74, 6) is -0.592. The smallest absolute Gasteiger partial charge is 0.271 e. The van der Waals surface area contributed by atoms with Crippen LogP contribution in [0.15, 0.2) is 60.0 Å². The molecular weight excluding hydrogens is 346 g/mol. The van der Waals surface area contributed by atoms with Crippen LogP contribution < -0.4 is 10.6 Å². The fourth-order valence-electron chi connectivity index (χ4n) is 2.32. The molecule has 0 fully saturated rings. The Balaban J connectivity index is 1.50. The van der Waals surface area contributed by atoms with E-state index in [4.69, 9.17) is 0 Å². The van der Waals surface area contributed by atoms with Gasteiger partial charge in [0, 0.05) is 17.5 Å². The van der Waals surface area contributed by atoms with E-state index >= 15 is 0 Å². The second-order valence-corrected chi connectivity index (χ2v) is 6.71. The maximum Gasteiger partial charge on any atom is 0.271 e. The second-order valence-electron chi connectivity index (χ2n) is 5.85. The molecule has 26 heavy (non-hydrogen) atoms. The Morgan fingerprint density at radius 1 is 1.00 bits per heavy atom. The molecule has 0 aliphatic rings. The zero-order valence-electron chi connectivity index (χ0n) is 14.4. The van der Waals surface area contributed by atoms with Crippen molar-refractivity contribution in [2.24, 2.45) is 0 Å². The number of aromatic nitrogens is 1. The minimum absolute atomic E-state index is 0.0803. The predicted molar refractivity (Wildman–Crippen MR) is 103 cm³/mol. The highest BCUT2D eigenvalue weighted by molar-refractivity contribution is 7.13. The van der Waals surface area contributed by atoms with Crippen molar-refractivity contribution >= 4 is 23.2 Å². The van der Waals surface area contributed by atoms with E-state index in [-0.39, 0.29) is 18.4 Å². The summed E-state index contributed by atoms with van der Waals surface area (Å²) >= 11 is 1.41. The van der Waals surface area contributed by atoms with Crippen LogP contribution in [-0.4, -0.2) is 23.3 Å². The number of hydrogen-bond donors (Lipinski definition) is 2. The third kappa shape index (κ3) is 4.77. The van der Waals surface area contributed by atoms with Crippen molar-refractivity contribution in [2.45, 2.75) is 13.5 Å². The lowest BCUT2D eigenvalue weighted by molar-refractivity contribution is -0.120. The first kappa shape index (κ1) is 17.8. The first-order valence-electron chi connectivity index (χ1n) is 8.23. The Hall–Kier alpha value is -2.99. The van der Waals surface area contributed by atoms with Gasteiger partial charge in [0.2, 0.25) is 5.91 Å². The van der Waals surface area contributed by atoms with Crippen molar-refractivity contribution in [1.82, 2.24) is 15.6 Å². The number of benzene rings is 2. The Labute approximate surface area is 156 Å². The molecule has 0 spiro atoms. The van der Waals surface area contributed by atoms with E-state index in [2.05, 4.69) is 15.6 Å².